The quantitative estimate of drug-likeness (QED) is 0.0216. The molecule has 2 amide bonds. The van der Waals surface area contributed by atoms with E-state index in [9.17, 15) is 27.3 Å². The molecule has 8 aromatic rings. The van der Waals surface area contributed by atoms with Gasteiger partial charge in [0.05, 0.1) is 56.2 Å². The summed E-state index contributed by atoms with van der Waals surface area (Å²) in [5, 5.41) is 22.5. The Hall–Kier alpha value is -7.20. The number of amides is 2. The average molecular weight is 1370 g/mol. The molecule has 512 valence electrons. The number of aromatic hydroxyl groups is 1. The summed E-state index contributed by atoms with van der Waals surface area (Å²) in [6, 6.07) is 24.8. The summed E-state index contributed by atoms with van der Waals surface area (Å²) < 4.78 is 67.3. The number of imidazole rings is 2. The molecule has 8 rings (SSSR count). The van der Waals surface area contributed by atoms with Gasteiger partial charge in [0.2, 0.25) is 21.1 Å². The fourth-order valence-corrected chi connectivity index (χ4v) is 12.5. The van der Waals surface area contributed by atoms with E-state index in [1.165, 1.54) is 67.6 Å². The van der Waals surface area contributed by atoms with Crippen molar-refractivity contribution in [1.82, 2.24) is 34.5 Å². The van der Waals surface area contributed by atoms with E-state index >= 15 is 0 Å². The highest BCUT2D eigenvalue weighted by molar-refractivity contribution is 7.92. The molecule has 94 heavy (non-hydrogen) atoms. The molecule has 4 aromatic carbocycles. The minimum absolute atomic E-state index is 0.0457. The van der Waals surface area contributed by atoms with E-state index in [2.05, 4.69) is 125 Å². The van der Waals surface area contributed by atoms with E-state index in [4.69, 9.17) is 46.6 Å². The van der Waals surface area contributed by atoms with Gasteiger partial charge in [-0.05, 0) is 124 Å². The van der Waals surface area contributed by atoms with Crippen molar-refractivity contribution < 1.29 is 45.7 Å². The number of hydrogen-bond acceptors (Lipinski definition) is 12. The maximum absolute atomic E-state index is 14.2. The lowest BCUT2D eigenvalue weighted by atomic mass is 9.76. The highest BCUT2D eigenvalue weighted by Crippen LogP contribution is 2.41. The van der Waals surface area contributed by atoms with Crippen LogP contribution in [0.4, 0.5) is 11.5 Å². The Morgan fingerprint density at radius 3 is 1.93 bits per heavy atom. The number of H-pyrrole nitrogens is 2. The van der Waals surface area contributed by atoms with E-state index in [1.807, 2.05) is 48.7 Å². The molecule has 4 aromatic heterocycles. The number of nitrogens with zero attached hydrogens (tertiary/aromatic N) is 4. The molecule has 3 unspecified atom stereocenters. The molecule has 19 nitrogen and oxygen atoms in total. The molecule has 0 saturated heterocycles. The number of aromatic nitrogens is 6. The van der Waals surface area contributed by atoms with Crippen LogP contribution in [0.25, 0.3) is 11.3 Å². The number of carbonyl (C=O) groups excluding carboxylic acids is 2. The van der Waals surface area contributed by atoms with Crippen molar-refractivity contribution >= 4 is 78.9 Å². The molecule has 0 bridgehead atoms. The molecular formula is C71H97Cl2N9O10S2. The summed E-state index contributed by atoms with van der Waals surface area (Å²) in [5.41, 5.74) is 6.85. The Balaban J connectivity index is 0.000000267. The lowest BCUT2D eigenvalue weighted by Crippen LogP contribution is -2.38. The molecule has 0 aliphatic heterocycles. The maximum atomic E-state index is 14.2. The third-order valence-electron chi connectivity index (χ3n) is 17.1. The Morgan fingerprint density at radius 2 is 1.30 bits per heavy atom. The number of unbranched alkanes of at least 4 members (excludes halogenated alkanes) is 8. The van der Waals surface area contributed by atoms with Gasteiger partial charge in [0.1, 0.15) is 34.4 Å². The number of para-hydroxylation sites is 1. The fourth-order valence-electron chi connectivity index (χ4n) is 10.6. The molecule has 3 atom stereocenters. The monoisotopic (exact) mass is 1370 g/mol. The minimum atomic E-state index is -3.54. The van der Waals surface area contributed by atoms with Crippen LogP contribution >= 0.6 is 23.2 Å². The Bertz CT molecular complexity index is 4020. The first-order valence-corrected chi connectivity index (χ1v) is 36.5. The van der Waals surface area contributed by atoms with Gasteiger partial charge in [-0.25, -0.2) is 31.6 Å². The first kappa shape index (κ1) is 74.2. The second-order valence-corrected chi connectivity index (χ2v) is 30.2. The first-order chi connectivity index (χ1) is 44.4. The van der Waals surface area contributed by atoms with Gasteiger partial charge in [-0.15, -0.1) is 0 Å². The molecule has 0 radical (unpaired) electrons. The van der Waals surface area contributed by atoms with E-state index in [-0.39, 0.29) is 66.8 Å². The zero-order chi connectivity index (χ0) is 68.9. The summed E-state index contributed by atoms with van der Waals surface area (Å²) in [4.78, 5) is 37.6. The van der Waals surface area contributed by atoms with Crippen LogP contribution in [0.2, 0.25) is 10.0 Å². The Labute approximate surface area is 567 Å². The molecule has 0 aliphatic carbocycles. The largest absolute Gasteiger partial charge is 0.506 e. The second-order valence-electron chi connectivity index (χ2n) is 26.5. The van der Waals surface area contributed by atoms with Gasteiger partial charge in [-0.1, -0.05) is 181 Å². The van der Waals surface area contributed by atoms with E-state index in [1.54, 1.807) is 11.4 Å². The standard InChI is InChI=1S/C38H54N4O3.C33H43Cl2N5O7S2/c1-12-15-21-30(45-29-23-22-26(37(8,9)13-2)24-28(29)38(10,11)14-3)35(43)40-34-32(36(5,6)7)39-33-31(25(4)41-42(33)34)44-27-19-17-16-18-20-27;1-5-6-7-8-9-10-11-12-13-30(33(42)36-20-27-22(3)40-32(37-27)31(21(2)38-40)39-49(4,44)45)46-29-17-15-24(19-26(29)35)48(43)47-23-14-16-28(41)25(34)18-23/h16-20,22-24,30,41H,12-15,21H2,1-11H3,(H,40,43);14-19,30,38-39,41H,5-13,20H2,1-4H3,(H,36,42). The van der Waals surface area contributed by atoms with Crippen LogP contribution in [0.5, 0.6) is 34.5 Å². The molecule has 0 fully saturated rings. The number of fused-ring (bicyclic) bond motifs is 2. The third kappa shape index (κ3) is 19.3. The SMILES string of the molecule is CCCCC(Oc1ccc(C(C)(C)CC)cc1C(C)(C)CC)C(=O)Nc1c(C(C)(C)C)nc2c(Oc3ccccc3)c(C)[nH]n12.CCCCCCCCCCC(Oc1ccc(S(=O)Oc2ccc(O)c(Cl)c2)cc1Cl)C(=O)NCc1nc2c(NS(C)(=O)=O)c(C)[nH]n2c1C. The number of benzene rings is 4. The van der Waals surface area contributed by atoms with E-state index in [0.29, 0.717) is 58.5 Å². The molecular weight excluding hydrogens is 1270 g/mol. The van der Waals surface area contributed by atoms with Crippen LogP contribution in [-0.4, -0.2) is 77.2 Å². The highest BCUT2D eigenvalue weighted by atomic mass is 35.5. The van der Waals surface area contributed by atoms with Crippen molar-refractivity contribution in [1.29, 1.82) is 0 Å². The first-order valence-electron chi connectivity index (χ1n) is 32.7. The second kappa shape index (κ2) is 32.5. The van der Waals surface area contributed by atoms with Crippen molar-refractivity contribution in [3.05, 3.63) is 135 Å². The third-order valence-corrected chi connectivity index (χ3v) is 19.3. The molecule has 23 heteroatoms. The number of nitrogens with one attached hydrogen (secondary N) is 5. The normalized spacial score (nSPS) is 13.1. The van der Waals surface area contributed by atoms with Crippen LogP contribution in [-0.2, 0) is 53.5 Å². The summed E-state index contributed by atoms with van der Waals surface area (Å²) in [7, 11) is -3.54. The van der Waals surface area contributed by atoms with E-state index < -0.39 is 33.3 Å². The number of aromatic amines is 2. The number of aryl methyl sites for hydroxylation is 3. The summed E-state index contributed by atoms with van der Waals surface area (Å²) in [5.74, 6) is 2.50. The van der Waals surface area contributed by atoms with Gasteiger partial charge in [0, 0.05) is 17.0 Å². The van der Waals surface area contributed by atoms with Crippen molar-refractivity contribution in [3.8, 4) is 34.5 Å². The molecule has 0 saturated carbocycles. The topological polar surface area (TPSA) is 245 Å². The highest BCUT2D eigenvalue weighted by Gasteiger charge is 2.34. The fraction of sp³-hybridized carbons (Fsp3) is 0.493. The number of rotatable bonds is 32. The van der Waals surface area contributed by atoms with Crippen molar-refractivity contribution in [3.63, 3.8) is 0 Å². The Morgan fingerprint density at radius 1 is 0.681 bits per heavy atom. The zero-order valence-electron chi connectivity index (χ0n) is 57.3. The number of phenolic OH excluding ortho intramolecular Hbond substituents is 1. The lowest BCUT2D eigenvalue weighted by Gasteiger charge is -2.31. The van der Waals surface area contributed by atoms with Crippen LogP contribution in [0, 0.1) is 20.8 Å². The minimum Gasteiger partial charge on any atom is -0.506 e. The smallest absolute Gasteiger partial charge is 0.266 e. The number of halogens is 2. The van der Waals surface area contributed by atoms with E-state index in [0.717, 1.165) is 86.1 Å². The average Bonchev–Trinajstić information content (AvgIpc) is 1.58. The molecule has 4 heterocycles. The summed E-state index contributed by atoms with van der Waals surface area (Å²) in [6.07, 6.45) is 13.2. The van der Waals surface area contributed by atoms with Gasteiger partial charge < -0.3 is 34.1 Å². The predicted molar refractivity (Wildman–Crippen MR) is 378 cm³/mol. The van der Waals surface area contributed by atoms with Gasteiger partial charge in [0.15, 0.2) is 35.1 Å². The number of phenols is 1. The van der Waals surface area contributed by atoms with Gasteiger partial charge in [0.25, 0.3) is 11.8 Å². The molecule has 0 spiro atoms. The van der Waals surface area contributed by atoms with Crippen LogP contribution < -0.4 is 33.7 Å². The zero-order valence-corrected chi connectivity index (χ0v) is 60.5. The summed E-state index contributed by atoms with van der Waals surface area (Å²) >= 11 is 10.5. The number of anilines is 2. The van der Waals surface area contributed by atoms with Gasteiger partial charge in [-0.3, -0.25) is 24.5 Å². The van der Waals surface area contributed by atoms with Gasteiger partial charge in [-0.2, -0.15) is 0 Å². The summed E-state index contributed by atoms with van der Waals surface area (Å²) in [6.45, 7) is 29.7. The van der Waals surface area contributed by atoms with Crippen LogP contribution in [0.1, 0.15) is 206 Å². The number of sulfonamides is 1. The molecule has 6 N–H and O–H groups in total. The van der Waals surface area contributed by atoms with Crippen LogP contribution in [0.15, 0.2) is 89.8 Å². The maximum Gasteiger partial charge on any atom is 0.266 e. The number of carbonyl (C=O) groups is 2. The predicted octanol–water partition coefficient (Wildman–Crippen LogP) is 17.4. The van der Waals surface area contributed by atoms with Crippen molar-refractivity contribution in [2.24, 2.45) is 0 Å². The van der Waals surface area contributed by atoms with Gasteiger partial charge >= 0.3 is 0 Å². The van der Waals surface area contributed by atoms with Crippen molar-refractivity contribution in [2.75, 3.05) is 16.3 Å². The number of ether oxygens (including phenoxy) is 3. The Kier molecular flexibility index (Phi) is 25.6. The van der Waals surface area contributed by atoms with Crippen molar-refractivity contribution in [2.45, 2.75) is 227 Å². The number of hydrogen-bond donors (Lipinski definition) is 6. The lowest BCUT2D eigenvalue weighted by molar-refractivity contribution is -0.128. The molecule has 0 aliphatic rings. The van der Waals surface area contributed by atoms with Crippen LogP contribution in [0.3, 0.4) is 0 Å².